The largest absolute Gasteiger partial charge is 0.382 e. The lowest BCUT2D eigenvalue weighted by Crippen LogP contribution is -2.06. The molecule has 0 saturated heterocycles. The molecule has 3 rings (SSSR count). The van der Waals surface area contributed by atoms with E-state index in [1.165, 1.54) is 22.3 Å². The average molecular weight is 265 g/mol. The van der Waals surface area contributed by atoms with E-state index in [4.69, 9.17) is 5.73 Å². The maximum Gasteiger partial charge on any atom is 0.153 e. The smallest absolute Gasteiger partial charge is 0.153 e. The quantitative estimate of drug-likeness (QED) is 0.769. The van der Waals surface area contributed by atoms with Crippen molar-refractivity contribution in [1.29, 1.82) is 0 Å². The second-order valence-electron chi connectivity index (χ2n) is 5.44. The summed E-state index contributed by atoms with van der Waals surface area (Å²) in [6, 6.07) is 12.5. The van der Waals surface area contributed by atoms with Crippen molar-refractivity contribution in [3.05, 3.63) is 58.7 Å². The van der Waals surface area contributed by atoms with E-state index in [-0.39, 0.29) is 0 Å². The molecule has 3 nitrogen and oxygen atoms in total. The summed E-state index contributed by atoms with van der Waals surface area (Å²) in [5.74, 6) is 0.600. The van der Waals surface area contributed by atoms with E-state index in [1.54, 1.807) is 0 Å². The molecule has 0 aliphatic rings. The fourth-order valence-corrected chi connectivity index (χ4v) is 2.88. The summed E-state index contributed by atoms with van der Waals surface area (Å²) in [5.41, 5.74) is 12.3. The Balaban J connectivity index is 2.11. The molecule has 3 heteroatoms. The van der Waals surface area contributed by atoms with Crippen molar-refractivity contribution in [2.45, 2.75) is 27.3 Å². The molecule has 0 aliphatic heterocycles. The maximum atomic E-state index is 6.00. The standard InChI is InChI=1S/C17H19N3/c1-11-8-12(2)15(13(3)9-11)10-20-16-7-5-4-6-14(16)17(18)19-20/h4-9H,10H2,1-3H3,(H2,18,19). The van der Waals surface area contributed by atoms with Crippen LogP contribution in [0.15, 0.2) is 36.4 Å². The van der Waals surface area contributed by atoms with Gasteiger partial charge in [0.25, 0.3) is 0 Å². The van der Waals surface area contributed by atoms with Crippen LogP contribution in [0.25, 0.3) is 10.9 Å². The minimum Gasteiger partial charge on any atom is -0.382 e. The summed E-state index contributed by atoms with van der Waals surface area (Å²) < 4.78 is 2.00. The van der Waals surface area contributed by atoms with Crippen molar-refractivity contribution in [3.63, 3.8) is 0 Å². The van der Waals surface area contributed by atoms with E-state index in [9.17, 15) is 0 Å². The van der Waals surface area contributed by atoms with Crippen molar-refractivity contribution >= 4 is 16.7 Å². The van der Waals surface area contributed by atoms with Crippen LogP contribution in [0.4, 0.5) is 5.82 Å². The molecule has 0 spiro atoms. The average Bonchev–Trinajstić information content (AvgIpc) is 2.71. The van der Waals surface area contributed by atoms with Gasteiger partial charge in [-0.2, -0.15) is 5.10 Å². The van der Waals surface area contributed by atoms with Gasteiger partial charge in [-0.15, -0.1) is 0 Å². The highest BCUT2D eigenvalue weighted by molar-refractivity contribution is 5.89. The van der Waals surface area contributed by atoms with Crippen LogP contribution in [0.5, 0.6) is 0 Å². The van der Waals surface area contributed by atoms with E-state index in [2.05, 4.69) is 44.1 Å². The van der Waals surface area contributed by atoms with Crippen molar-refractivity contribution in [1.82, 2.24) is 9.78 Å². The Labute approximate surface area is 119 Å². The van der Waals surface area contributed by atoms with E-state index < -0.39 is 0 Å². The highest BCUT2D eigenvalue weighted by Gasteiger charge is 2.10. The molecule has 3 aromatic rings. The van der Waals surface area contributed by atoms with Crippen LogP contribution in [-0.2, 0) is 6.54 Å². The lowest BCUT2D eigenvalue weighted by atomic mass is 10.00. The van der Waals surface area contributed by atoms with Gasteiger partial charge >= 0.3 is 0 Å². The first-order chi connectivity index (χ1) is 9.56. The number of hydrogen-bond acceptors (Lipinski definition) is 2. The number of anilines is 1. The van der Waals surface area contributed by atoms with Gasteiger partial charge in [-0.3, -0.25) is 4.68 Å². The van der Waals surface area contributed by atoms with Gasteiger partial charge in [0.1, 0.15) is 0 Å². The lowest BCUT2D eigenvalue weighted by molar-refractivity contribution is 0.709. The second-order valence-corrected chi connectivity index (χ2v) is 5.44. The summed E-state index contributed by atoms with van der Waals surface area (Å²) in [5, 5.41) is 5.51. The fourth-order valence-electron chi connectivity index (χ4n) is 2.88. The Bertz CT molecular complexity index is 761. The molecule has 0 saturated carbocycles. The SMILES string of the molecule is Cc1cc(C)c(Cn2nc(N)c3ccccc32)c(C)c1. The van der Waals surface area contributed by atoms with Crippen molar-refractivity contribution in [3.8, 4) is 0 Å². The number of hydrogen-bond donors (Lipinski definition) is 1. The topological polar surface area (TPSA) is 43.8 Å². The summed E-state index contributed by atoms with van der Waals surface area (Å²) in [7, 11) is 0. The van der Waals surface area contributed by atoms with E-state index in [1.807, 2.05) is 22.9 Å². The maximum absolute atomic E-state index is 6.00. The zero-order chi connectivity index (χ0) is 14.3. The van der Waals surface area contributed by atoms with Gasteiger partial charge in [0.05, 0.1) is 12.1 Å². The van der Waals surface area contributed by atoms with Crippen molar-refractivity contribution in [2.75, 3.05) is 5.73 Å². The third-order valence-electron chi connectivity index (χ3n) is 3.83. The van der Waals surface area contributed by atoms with E-state index in [0.29, 0.717) is 5.82 Å². The molecule has 0 amide bonds. The molecule has 1 aromatic heterocycles. The number of nitrogen functional groups attached to an aromatic ring is 1. The van der Waals surface area contributed by atoms with Gasteiger partial charge in [0.2, 0.25) is 0 Å². The van der Waals surface area contributed by atoms with E-state index in [0.717, 1.165) is 17.4 Å². The molecule has 2 N–H and O–H groups in total. The number of rotatable bonds is 2. The van der Waals surface area contributed by atoms with Gasteiger partial charge in [0, 0.05) is 5.39 Å². The number of aromatic nitrogens is 2. The number of fused-ring (bicyclic) bond motifs is 1. The third-order valence-corrected chi connectivity index (χ3v) is 3.83. The Morgan fingerprint density at radius 3 is 2.40 bits per heavy atom. The molecule has 20 heavy (non-hydrogen) atoms. The van der Waals surface area contributed by atoms with Gasteiger partial charge in [0.15, 0.2) is 5.82 Å². The van der Waals surface area contributed by atoms with Gasteiger partial charge in [-0.05, 0) is 49.6 Å². The van der Waals surface area contributed by atoms with Crippen LogP contribution in [0.2, 0.25) is 0 Å². The summed E-state index contributed by atoms with van der Waals surface area (Å²) in [4.78, 5) is 0. The third kappa shape index (κ3) is 2.05. The summed E-state index contributed by atoms with van der Waals surface area (Å²) in [6.07, 6.45) is 0. The second kappa shape index (κ2) is 4.67. The van der Waals surface area contributed by atoms with Gasteiger partial charge in [-0.1, -0.05) is 29.8 Å². The first kappa shape index (κ1) is 12.7. The molecular formula is C17H19N3. The molecule has 0 bridgehead atoms. The minimum atomic E-state index is 0.600. The van der Waals surface area contributed by atoms with Gasteiger partial charge < -0.3 is 5.73 Å². The molecule has 0 fully saturated rings. The molecular weight excluding hydrogens is 246 g/mol. The summed E-state index contributed by atoms with van der Waals surface area (Å²) >= 11 is 0. The Hall–Kier alpha value is -2.29. The number of nitrogens with zero attached hydrogens (tertiary/aromatic N) is 2. The first-order valence-electron chi connectivity index (χ1n) is 6.84. The molecule has 0 unspecified atom stereocenters. The molecule has 0 radical (unpaired) electrons. The Kier molecular flexibility index (Phi) is 2.97. The normalized spacial score (nSPS) is 11.2. The molecule has 2 aromatic carbocycles. The fraction of sp³-hybridized carbons (Fsp3) is 0.235. The molecule has 0 aliphatic carbocycles. The highest BCUT2D eigenvalue weighted by atomic mass is 15.3. The first-order valence-corrected chi connectivity index (χ1v) is 6.84. The minimum absolute atomic E-state index is 0.600. The summed E-state index contributed by atoms with van der Waals surface area (Å²) in [6.45, 7) is 7.20. The van der Waals surface area contributed by atoms with Crippen LogP contribution in [-0.4, -0.2) is 9.78 Å². The number of aryl methyl sites for hydroxylation is 3. The van der Waals surface area contributed by atoms with Crippen LogP contribution >= 0.6 is 0 Å². The predicted octanol–water partition coefficient (Wildman–Crippen LogP) is 3.59. The van der Waals surface area contributed by atoms with Crippen LogP contribution in [0.3, 0.4) is 0 Å². The van der Waals surface area contributed by atoms with Crippen LogP contribution in [0, 0.1) is 20.8 Å². The van der Waals surface area contributed by atoms with E-state index >= 15 is 0 Å². The van der Waals surface area contributed by atoms with Crippen molar-refractivity contribution < 1.29 is 0 Å². The zero-order valence-electron chi connectivity index (χ0n) is 12.1. The molecule has 0 atom stereocenters. The lowest BCUT2D eigenvalue weighted by Gasteiger charge is -2.12. The number of nitrogens with two attached hydrogens (primary N) is 1. The molecule has 102 valence electrons. The number of benzene rings is 2. The Morgan fingerprint density at radius 2 is 1.70 bits per heavy atom. The molecule has 1 heterocycles. The predicted molar refractivity (Wildman–Crippen MR) is 83.9 cm³/mol. The van der Waals surface area contributed by atoms with Gasteiger partial charge in [-0.25, -0.2) is 0 Å². The zero-order valence-corrected chi connectivity index (χ0v) is 12.1. The highest BCUT2D eigenvalue weighted by Crippen LogP contribution is 2.23. The number of para-hydroxylation sites is 1. The van der Waals surface area contributed by atoms with Crippen molar-refractivity contribution in [2.24, 2.45) is 0 Å². The monoisotopic (exact) mass is 265 g/mol. The Morgan fingerprint density at radius 1 is 1.05 bits per heavy atom. The van der Waals surface area contributed by atoms with Crippen LogP contribution in [0.1, 0.15) is 22.3 Å². The van der Waals surface area contributed by atoms with Crippen LogP contribution < -0.4 is 5.73 Å².